The Morgan fingerprint density at radius 2 is 2.00 bits per heavy atom. The molecule has 0 aromatic heterocycles. The van der Waals surface area contributed by atoms with Gasteiger partial charge in [0.15, 0.2) is 0 Å². The molecule has 1 unspecified atom stereocenters. The van der Waals surface area contributed by atoms with Crippen LogP contribution in [0.2, 0.25) is 0 Å². The van der Waals surface area contributed by atoms with E-state index in [1.165, 1.54) is 0 Å². The lowest BCUT2D eigenvalue weighted by Gasteiger charge is -2.30. The van der Waals surface area contributed by atoms with Crippen molar-refractivity contribution in [1.82, 2.24) is 10.2 Å². The highest BCUT2D eigenvalue weighted by molar-refractivity contribution is 6.06. The number of hydrogen-bond donors (Lipinski definition) is 1. The van der Waals surface area contributed by atoms with Crippen LogP contribution in [0.1, 0.15) is 40.5 Å². The van der Waals surface area contributed by atoms with Crippen LogP contribution in [0.25, 0.3) is 0 Å². The fourth-order valence-corrected chi connectivity index (χ4v) is 2.41. The number of imide groups is 1. The van der Waals surface area contributed by atoms with Gasteiger partial charge in [-0.25, -0.2) is 4.79 Å². The summed E-state index contributed by atoms with van der Waals surface area (Å²) in [6.45, 7) is 8.09. The number of amides is 3. The molecule has 2 fully saturated rings. The van der Waals surface area contributed by atoms with E-state index >= 15 is 0 Å². The van der Waals surface area contributed by atoms with Gasteiger partial charge in [-0.1, -0.05) is 0 Å². The van der Waals surface area contributed by atoms with Gasteiger partial charge in [0.25, 0.3) is 5.91 Å². The van der Waals surface area contributed by atoms with Crippen LogP contribution in [-0.2, 0) is 9.53 Å². The lowest BCUT2D eigenvalue weighted by Crippen LogP contribution is -2.47. The third kappa shape index (κ3) is 2.16. The van der Waals surface area contributed by atoms with Gasteiger partial charge in [0, 0.05) is 6.54 Å². The van der Waals surface area contributed by atoms with Gasteiger partial charge >= 0.3 is 6.03 Å². The fraction of sp³-hybridized carbons (Fsp3) is 0.833. The lowest BCUT2D eigenvalue weighted by molar-refractivity contribution is -0.125. The van der Waals surface area contributed by atoms with Crippen LogP contribution in [-0.4, -0.2) is 40.6 Å². The van der Waals surface area contributed by atoms with E-state index < -0.39 is 5.54 Å². The van der Waals surface area contributed by atoms with Crippen LogP contribution in [0.4, 0.5) is 4.79 Å². The van der Waals surface area contributed by atoms with Crippen LogP contribution in [0.15, 0.2) is 0 Å². The fourth-order valence-electron chi connectivity index (χ4n) is 2.41. The summed E-state index contributed by atoms with van der Waals surface area (Å²) in [7, 11) is 0. The first-order chi connectivity index (χ1) is 7.72. The van der Waals surface area contributed by atoms with Gasteiger partial charge < -0.3 is 9.64 Å². The zero-order valence-corrected chi connectivity index (χ0v) is 10.9. The third-order valence-electron chi connectivity index (χ3n) is 3.64. The summed E-state index contributed by atoms with van der Waals surface area (Å²) < 4.78 is 5.85. The van der Waals surface area contributed by atoms with Crippen molar-refractivity contribution in [2.45, 2.75) is 57.8 Å². The topological polar surface area (TPSA) is 58.6 Å². The van der Waals surface area contributed by atoms with Crippen molar-refractivity contribution in [2.24, 2.45) is 0 Å². The zero-order valence-electron chi connectivity index (χ0n) is 10.9. The average Bonchev–Trinajstić information content (AvgIpc) is 2.61. The highest BCUT2D eigenvalue weighted by Crippen LogP contribution is 2.31. The Kier molecular flexibility index (Phi) is 2.69. The number of carbonyl (C=O) groups excluding carboxylic acids is 2. The average molecular weight is 240 g/mol. The molecule has 0 bridgehead atoms. The highest BCUT2D eigenvalue weighted by Gasteiger charge is 2.47. The quantitative estimate of drug-likeness (QED) is 0.740. The van der Waals surface area contributed by atoms with E-state index in [2.05, 4.69) is 5.32 Å². The van der Waals surface area contributed by atoms with E-state index in [1.54, 1.807) is 18.7 Å². The minimum atomic E-state index is -0.771. The molecule has 1 N–H and O–H groups in total. The van der Waals surface area contributed by atoms with Crippen molar-refractivity contribution in [3.05, 3.63) is 0 Å². The SMILES string of the molecule is CC1(C)CCC(CN2C(=O)NC(=O)C2(C)C)O1. The lowest BCUT2D eigenvalue weighted by atomic mass is 10.0. The van der Waals surface area contributed by atoms with Crippen LogP contribution in [0, 0.1) is 0 Å². The van der Waals surface area contributed by atoms with E-state index in [0.29, 0.717) is 6.54 Å². The number of carbonyl (C=O) groups is 2. The number of nitrogens with zero attached hydrogens (tertiary/aromatic N) is 1. The molecule has 3 amide bonds. The first kappa shape index (κ1) is 12.4. The first-order valence-corrected chi connectivity index (χ1v) is 6.03. The summed E-state index contributed by atoms with van der Waals surface area (Å²) in [5.41, 5.74) is -0.887. The Morgan fingerprint density at radius 1 is 1.35 bits per heavy atom. The molecule has 0 saturated carbocycles. The van der Waals surface area contributed by atoms with E-state index in [-0.39, 0.29) is 23.6 Å². The van der Waals surface area contributed by atoms with Crippen molar-refractivity contribution < 1.29 is 14.3 Å². The molecule has 0 radical (unpaired) electrons. The molecule has 2 saturated heterocycles. The van der Waals surface area contributed by atoms with Crippen LogP contribution >= 0.6 is 0 Å². The van der Waals surface area contributed by atoms with Crippen LogP contribution in [0.3, 0.4) is 0 Å². The Morgan fingerprint density at radius 3 is 2.41 bits per heavy atom. The van der Waals surface area contributed by atoms with Gasteiger partial charge in [-0.05, 0) is 40.5 Å². The Hall–Kier alpha value is -1.10. The Balaban J connectivity index is 2.04. The summed E-state index contributed by atoms with van der Waals surface area (Å²) in [6, 6.07) is -0.312. The standard InChI is InChI=1S/C12H20N2O3/c1-11(2)6-5-8(17-11)7-14-10(16)13-9(15)12(14,3)4/h8H,5-7H2,1-4H3,(H,13,15,16). The number of ether oxygens (including phenoxy) is 1. The highest BCUT2D eigenvalue weighted by atomic mass is 16.5. The molecule has 2 aliphatic rings. The van der Waals surface area contributed by atoms with Gasteiger partial charge in [-0.15, -0.1) is 0 Å². The predicted octanol–water partition coefficient (Wildman–Crippen LogP) is 1.27. The molecule has 2 aliphatic heterocycles. The minimum Gasteiger partial charge on any atom is -0.371 e. The summed E-state index contributed by atoms with van der Waals surface area (Å²) in [4.78, 5) is 24.9. The van der Waals surface area contributed by atoms with Crippen LogP contribution in [0.5, 0.6) is 0 Å². The summed E-state index contributed by atoms with van der Waals surface area (Å²) in [6.07, 6.45) is 1.95. The first-order valence-electron chi connectivity index (χ1n) is 6.03. The molecule has 0 aromatic rings. The zero-order chi connectivity index (χ0) is 12.8. The molecule has 0 spiro atoms. The monoisotopic (exact) mass is 240 g/mol. The molecule has 2 heterocycles. The molecule has 5 nitrogen and oxygen atoms in total. The molecule has 1 atom stereocenters. The summed E-state index contributed by atoms with van der Waals surface area (Å²) >= 11 is 0. The molecule has 0 aliphatic carbocycles. The van der Waals surface area contributed by atoms with Gasteiger partial charge in [-0.2, -0.15) is 0 Å². The maximum absolute atomic E-state index is 11.7. The summed E-state index contributed by atoms with van der Waals surface area (Å²) in [5, 5.41) is 2.34. The van der Waals surface area contributed by atoms with Gasteiger partial charge in [0.1, 0.15) is 5.54 Å². The van der Waals surface area contributed by atoms with E-state index in [9.17, 15) is 9.59 Å². The van der Waals surface area contributed by atoms with Crippen LogP contribution < -0.4 is 5.32 Å². The molecule has 2 rings (SSSR count). The summed E-state index contributed by atoms with van der Waals surface area (Å²) in [5.74, 6) is -0.236. The number of hydrogen-bond acceptors (Lipinski definition) is 3. The Bertz CT molecular complexity index is 363. The van der Waals surface area contributed by atoms with Gasteiger partial charge in [0.2, 0.25) is 0 Å². The molecule has 0 aromatic carbocycles. The third-order valence-corrected chi connectivity index (χ3v) is 3.64. The molecule has 17 heavy (non-hydrogen) atoms. The normalized spacial score (nSPS) is 30.8. The number of rotatable bonds is 2. The number of urea groups is 1. The Labute approximate surface area is 101 Å². The van der Waals surface area contributed by atoms with Gasteiger partial charge in [-0.3, -0.25) is 10.1 Å². The molecule has 5 heteroatoms. The second kappa shape index (κ2) is 3.70. The second-order valence-electron chi connectivity index (χ2n) is 5.97. The number of nitrogens with one attached hydrogen (secondary N) is 1. The van der Waals surface area contributed by atoms with Crippen molar-refractivity contribution in [1.29, 1.82) is 0 Å². The second-order valence-corrected chi connectivity index (χ2v) is 5.97. The van der Waals surface area contributed by atoms with E-state index in [1.807, 2.05) is 13.8 Å². The van der Waals surface area contributed by atoms with E-state index in [0.717, 1.165) is 12.8 Å². The smallest absolute Gasteiger partial charge is 0.325 e. The molecular weight excluding hydrogens is 220 g/mol. The largest absolute Gasteiger partial charge is 0.371 e. The van der Waals surface area contributed by atoms with Crippen molar-refractivity contribution in [3.63, 3.8) is 0 Å². The predicted molar refractivity (Wildman–Crippen MR) is 62.5 cm³/mol. The minimum absolute atomic E-state index is 0.0286. The maximum Gasteiger partial charge on any atom is 0.325 e. The molecule has 96 valence electrons. The van der Waals surface area contributed by atoms with Crippen molar-refractivity contribution >= 4 is 11.9 Å². The van der Waals surface area contributed by atoms with Crippen molar-refractivity contribution in [3.8, 4) is 0 Å². The van der Waals surface area contributed by atoms with Gasteiger partial charge in [0.05, 0.1) is 11.7 Å². The molecular formula is C12H20N2O3. The van der Waals surface area contributed by atoms with E-state index in [4.69, 9.17) is 4.74 Å². The maximum atomic E-state index is 11.7. The van der Waals surface area contributed by atoms with Crippen molar-refractivity contribution in [2.75, 3.05) is 6.54 Å².